The van der Waals surface area contributed by atoms with E-state index in [2.05, 4.69) is 25.7 Å². The molecular weight excluding hydrogens is 494 g/mol. The van der Waals surface area contributed by atoms with Crippen LogP contribution in [0.1, 0.15) is 42.4 Å². The molecule has 1 aromatic heterocycles. The summed E-state index contributed by atoms with van der Waals surface area (Å²) >= 11 is 6.06. The van der Waals surface area contributed by atoms with E-state index >= 15 is 0 Å². The van der Waals surface area contributed by atoms with Gasteiger partial charge in [-0.3, -0.25) is 14.9 Å². The van der Waals surface area contributed by atoms with Crippen LogP contribution in [0.25, 0.3) is 11.3 Å². The molecule has 10 heteroatoms. The van der Waals surface area contributed by atoms with E-state index in [0.29, 0.717) is 46.3 Å². The first-order valence-electron chi connectivity index (χ1n) is 11.9. The number of nitrogens with zero attached hydrogens (tertiary/aromatic N) is 1. The number of methoxy groups -OCH3 is 1. The quantitative estimate of drug-likeness (QED) is 0.347. The van der Waals surface area contributed by atoms with Crippen LogP contribution in [0.2, 0.25) is 5.02 Å². The smallest absolute Gasteiger partial charge is 0.411 e. The molecule has 1 aliphatic rings. The lowest BCUT2D eigenvalue weighted by Gasteiger charge is -2.15. The van der Waals surface area contributed by atoms with E-state index in [1.165, 1.54) is 7.11 Å². The molecule has 0 saturated heterocycles. The zero-order valence-corrected chi connectivity index (χ0v) is 21.3. The number of aromatic amines is 1. The molecule has 1 aliphatic heterocycles. The third kappa shape index (κ3) is 6.77. The molecule has 0 spiro atoms. The van der Waals surface area contributed by atoms with E-state index in [1.807, 2.05) is 31.2 Å². The van der Waals surface area contributed by atoms with Crippen LogP contribution in [0.5, 0.6) is 0 Å². The molecule has 2 heterocycles. The molecule has 0 radical (unpaired) electrons. The minimum Gasteiger partial charge on any atom is -0.453 e. The summed E-state index contributed by atoms with van der Waals surface area (Å²) < 4.78 is 4.67. The van der Waals surface area contributed by atoms with E-state index in [0.717, 1.165) is 11.3 Å². The number of aromatic nitrogens is 2. The first-order valence-corrected chi connectivity index (χ1v) is 12.2. The zero-order valence-electron chi connectivity index (χ0n) is 20.6. The summed E-state index contributed by atoms with van der Waals surface area (Å²) in [4.78, 5) is 45.3. The number of hydrogen-bond donors (Lipinski definition) is 4. The number of aryl methyl sites for hydroxylation is 1. The van der Waals surface area contributed by atoms with Crippen molar-refractivity contribution in [3.05, 3.63) is 76.7 Å². The molecular formula is C27H28ClN5O4. The molecule has 3 aromatic rings. The van der Waals surface area contributed by atoms with Gasteiger partial charge in [0.05, 0.1) is 31.0 Å². The minimum atomic E-state index is -0.615. The Hall–Kier alpha value is -4.11. The number of nitrogens with one attached hydrogen (secondary N) is 4. The Labute approximate surface area is 219 Å². The molecule has 192 valence electrons. The van der Waals surface area contributed by atoms with Crippen molar-refractivity contribution in [1.29, 1.82) is 0 Å². The lowest BCUT2D eigenvalue weighted by Crippen LogP contribution is -2.30. The largest absolute Gasteiger partial charge is 0.453 e. The van der Waals surface area contributed by atoms with E-state index in [4.69, 9.17) is 16.6 Å². The number of halogens is 1. The number of allylic oxidation sites excluding steroid dienone is 1. The Kier molecular flexibility index (Phi) is 8.25. The number of carbonyl (C=O) groups excluding carboxylic acids is 3. The van der Waals surface area contributed by atoms with Crippen molar-refractivity contribution in [2.24, 2.45) is 0 Å². The second-order valence-corrected chi connectivity index (χ2v) is 9.13. The number of amides is 3. The standard InChI is InChI=1S/C27H28ClN5O4/c1-16-25-20-12-11-19(30-27(36)37-2)15-22(20)32-23(34)10-5-3-4-9-21(26(29-16)33-25)31-24(35)14-17-7-6-8-18(28)13-17/h3-4,6-8,11-13,15,21H,5,9-10,14H2,1-2H3,(H,29,33)(H,30,36)(H,31,35)(H,32,34)/b4-3+/t21-/m0/s1. The number of H-pyrrole nitrogens is 1. The fraction of sp³-hybridized carbons (Fsp3) is 0.259. The zero-order chi connectivity index (χ0) is 26.4. The number of ether oxygens (including phenoxy) is 1. The Bertz CT molecular complexity index is 1350. The van der Waals surface area contributed by atoms with Gasteiger partial charge < -0.3 is 20.4 Å². The van der Waals surface area contributed by atoms with Crippen LogP contribution in [0.3, 0.4) is 0 Å². The van der Waals surface area contributed by atoms with Crippen LogP contribution in [-0.4, -0.2) is 35.0 Å². The van der Waals surface area contributed by atoms with E-state index in [9.17, 15) is 14.4 Å². The first kappa shape index (κ1) is 26.0. The van der Waals surface area contributed by atoms with Gasteiger partial charge in [0, 0.05) is 28.4 Å². The fourth-order valence-corrected chi connectivity index (χ4v) is 4.32. The molecule has 9 nitrogen and oxygen atoms in total. The van der Waals surface area contributed by atoms with Gasteiger partial charge in [0.15, 0.2) is 0 Å². The van der Waals surface area contributed by atoms with Crippen molar-refractivity contribution in [3.63, 3.8) is 0 Å². The van der Waals surface area contributed by atoms with Gasteiger partial charge in [0.2, 0.25) is 11.8 Å². The van der Waals surface area contributed by atoms with Crippen molar-refractivity contribution in [2.75, 3.05) is 17.7 Å². The van der Waals surface area contributed by atoms with Gasteiger partial charge in [-0.15, -0.1) is 0 Å². The molecule has 2 bridgehead atoms. The molecule has 0 fully saturated rings. The van der Waals surface area contributed by atoms with Crippen molar-refractivity contribution in [2.45, 2.75) is 38.6 Å². The fourth-order valence-electron chi connectivity index (χ4n) is 4.11. The Morgan fingerprint density at radius 1 is 1.19 bits per heavy atom. The summed E-state index contributed by atoms with van der Waals surface area (Å²) in [6, 6.07) is 12.0. The van der Waals surface area contributed by atoms with Crippen LogP contribution in [0.15, 0.2) is 54.6 Å². The van der Waals surface area contributed by atoms with Crippen LogP contribution in [0, 0.1) is 6.92 Å². The van der Waals surface area contributed by atoms with Gasteiger partial charge in [-0.25, -0.2) is 9.78 Å². The molecule has 1 atom stereocenters. The average Bonchev–Trinajstić information content (AvgIpc) is 3.24. The van der Waals surface area contributed by atoms with E-state index < -0.39 is 12.1 Å². The highest BCUT2D eigenvalue weighted by Crippen LogP contribution is 2.33. The van der Waals surface area contributed by atoms with Gasteiger partial charge in [-0.2, -0.15) is 0 Å². The summed E-state index contributed by atoms with van der Waals surface area (Å²) in [6.07, 6.45) is 4.75. The van der Waals surface area contributed by atoms with E-state index in [-0.39, 0.29) is 24.7 Å². The summed E-state index contributed by atoms with van der Waals surface area (Å²) in [5, 5.41) is 9.20. The number of anilines is 2. The number of hydrogen-bond acceptors (Lipinski definition) is 5. The lowest BCUT2D eigenvalue weighted by molar-refractivity contribution is -0.121. The van der Waals surface area contributed by atoms with Crippen LogP contribution in [0.4, 0.5) is 16.2 Å². The lowest BCUT2D eigenvalue weighted by atomic mass is 10.1. The second-order valence-electron chi connectivity index (χ2n) is 8.69. The monoisotopic (exact) mass is 521 g/mol. The molecule has 37 heavy (non-hydrogen) atoms. The topological polar surface area (TPSA) is 125 Å². The van der Waals surface area contributed by atoms with Gasteiger partial charge >= 0.3 is 6.09 Å². The van der Waals surface area contributed by atoms with Crippen molar-refractivity contribution >= 4 is 40.9 Å². The van der Waals surface area contributed by atoms with Crippen molar-refractivity contribution in [3.8, 4) is 11.3 Å². The Morgan fingerprint density at radius 3 is 2.81 bits per heavy atom. The third-order valence-electron chi connectivity index (χ3n) is 5.88. The predicted molar refractivity (Wildman–Crippen MR) is 142 cm³/mol. The third-order valence-corrected chi connectivity index (χ3v) is 6.11. The first-order chi connectivity index (χ1) is 17.8. The summed E-state index contributed by atoms with van der Waals surface area (Å²) in [6.45, 7) is 1.88. The molecule has 0 aliphatic carbocycles. The maximum atomic E-state index is 12.9. The summed E-state index contributed by atoms with van der Waals surface area (Å²) in [7, 11) is 1.28. The maximum Gasteiger partial charge on any atom is 0.411 e. The summed E-state index contributed by atoms with van der Waals surface area (Å²) in [5.74, 6) is 0.279. The number of rotatable bonds is 4. The maximum absolute atomic E-state index is 12.9. The van der Waals surface area contributed by atoms with Gasteiger partial charge in [-0.1, -0.05) is 35.9 Å². The summed E-state index contributed by atoms with van der Waals surface area (Å²) in [5.41, 5.74) is 3.87. The van der Waals surface area contributed by atoms with Gasteiger partial charge in [0.1, 0.15) is 5.82 Å². The van der Waals surface area contributed by atoms with Crippen LogP contribution < -0.4 is 16.0 Å². The molecule has 0 unspecified atom stereocenters. The van der Waals surface area contributed by atoms with Crippen molar-refractivity contribution < 1.29 is 19.1 Å². The number of carbonyl (C=O) groups is 3. The number of benzene rings is 2. The van der Waals surface area contributed by atoms with Gasteiger partial charge in [-0.05, 0) is 55.7 Å². The van der Waals surface area contributed by atoms with Gasteiger partial charge in [0.25, 0.3) is 0 Å². The Morgan fingerprint density at radius 2 is 2.03 bits per heavy atom. The molecule has 0 saturated carbocycles. The second kappa shape index (κ2) is 11.7. The molecule has 4 N–H and O–H groups in total. The van der Waals surface area contributed by atoms with Crippen LogP contribution in [-0.2, 0) is 20.7 Å². The molecule has 3 amide bonds. The van der Waals surface area contributed by atoms with E-state index in [1.54, 1.807) is 30.3 Å². The number of fused-ring (bicyclic) bond motifs is 4. The minimum absolute atomic E-state index is 0.156. The predicted octanol–water partition coefficient (Wildman–Crippen LogP) is 5.30. The highest BCUT2D eigenvalue weighted by Gasteiger charge is 2.22. The average molecular weight is 522 g/mol. The van der Waals surface area contributed by atoms with Crippen LogP contribution >= 0.6 is 11.6 Å². The highest BCUT2D eigenvalue weighted by atomic mass is 35.5. The number of imidazole rings is 1. The molecule has 2 aromatic carbocycles. The molecule has 4 rings (SSSR count). The SMILES string of the molecule is COC(=O)Nc1ccc2c(c1)NC(=O)CC/C=C/C[C@H](NC(=O)Cc1cccc(Cl)c1)c1nc-2c(C)[nH]1. The normalized spacial score (nSPS) is 16.2. The Balaban J connectivity index is 1.66. The highest BCUT2D eigenvalue weighted by molar-refractivity contribution is 6.30. The van der Waals surface area contributed by atoms with Crippen molar-refractivity contribution in [1.82, 2.24) is 15.3 Å².